The number of nitrogens with one attached hydrogen (secondary N) is 1. The van der Waals surface area contributed by atoms with E-state index in [9.17, 15) is 0 Å². The van der Waals surface area contributed by atoms with Gasteiger partial charge in [-0.3, -0.25) is 5.41 Å². The molecule has 2 rings (SSSR count). The second kappa shape index (κ2) is 5.80. The lowest BCUT2D eigenvalue weighted by Crippen LogP contribution is -2.30. The molecule has 0 amide bonds. The van der Waals surface area contributed by atoms with Gasteiger partial charge in [0.25, 0.3) is 0 Å². The van der Waals surface area contributed by atoms with Crippen molar-refractivity contribution in [1.82, 2.24) is 0 Å². The molecule has 17 heavy (non-hydrogen) atoms. The Morgan fingerprint density at radius 3 is 2.71 bits per heavy atom. The molecular formula is C13H18N2O2. The molecule has 2 atom stereocenters. The second-order valence-electron chi connectivity index (χ2n) is 4.18. The molecular weight excluding hydrogens is 216 g/mol. The molecule has 4 nitrogen and oxygen atoms in total. The molecule has 0 spiro atoms. The molecule has 3 N–H and O–H groups in total. The van der Waals surface area contributed by atoms with Gasteiger partial charge in [-0.15, -0.1) is 0 Å². The predicted molar refractivity (Wildman–Crippen MR) is 65.8 cm³/mol. The zero-order valence-corrected chi connectivity index (χ0v) is 9.76. The first-order valence-corrected chi connectivity index (χ1v) is 5.93. The van der Waals surface area contributed by atoms with E-state index in [2.05, 4.69) is 0 Å². The highest BCUT2D eigenvalue weighted by molar-refractivity contribution is 5.83. The summed E-state index contributed by atoms with van der Waals surface area (Å²) < 4.78 is 11.3. The van der Waals surface area contributed by atoms with E-state index in [4.69, 9.17) is 20.6 Å². The normalized spacial score (nSPS) is 22.0. The third-order valence-corrected chi connectivity index (χ3v) is 2.81. The zero-order valence-electron chi connectivity index (χ0n) is 9.76. The Balaban J connectivity index is 2.05. The smallest absolute Gasteiger partial charge is 0.159 e. The van der Waals surface area contributed by atoms with Gasteiger partial charge >= 0.3 is 0 Å². The third kappa shape index (κ3) is 3.28. The summed E-state index contributed by atoms with van der Waals surface area (Å²) >= 11 is 0. The maximum Gasteiger partial charge on any atom is 0.159 e. The Kier molecular flexibility index (Phi) is 4.12. The Bertz CT molecular complexity index is 361. The molecule has 1 aliphatic heterocycles. The molecule has 1 aliphatic rings. The van der Waals surface area contributed by atoms with Crippen molar-refractivity contribution in [3.05, 3.63) is 35.9 Å². The van der Waals surface area contributed by atoms with E-state index in [1.54, 1.807) is 0 Å². The van der Waals surface area contributed by atoms with Gasteiger partial charge in [0, 0.05) is 6.61 Å². The molecule has 0 radical (unpaired) electrons. The minimum absolute atomic E-state index is 0.0189. The van der Waals surface area contributed by atoms with Gasteiger partial charge in [0.1, 0.15) is 11.9 Å². The van der Waals surface area contributed by atoms with Crippen LogP contribution in [0.3, 0.4) is 0 Å². The van der Waals surface area contributed by atoms with Crippen LogP contribution in [0.25, 0.3) is 0 Å². The van der Waals surface area contributed by atoms with E-state index >= 15 is 0 Å². The first-order chi connectivity index (χ1) is 8.27. The highest BCUT2D eigenvalue weighted by Gasteiger charge is 2.22. The van der Waals surface area contributed by atoms with Crippen LogP contribution in [0.2, 0.25) is 0 Å². The fraction of sp³-hybridized carbons (Fsp3) is 0.462. The molecule has 0 unspecified atom stereocenters. The Morgan fingerprint density at radius 2 is 2.12 bits per heavy atom. The first kappa shape index (κ1) is 12.1. The first-order valence-electron chi connectivity index (χ1n) is 5.93. The van der Waals surface area contributed by atoms with Crippen LogP contribution in [-0.4, -0.2) is 18.7 Å². The molecule has 0 bridgehead atoms. The Hall–Kier alpha value is -1.39. The average molecular weight is 234 g/mol. The van der Waals surface area contributed by atoms with Crippen molar-refractivity contribution in [3.63, 3.8) is 0 Å². The van der Waals surface area contributed by atoms with Crippen LogP contribution in [-0.2, 0) is 9.47 Å². The number of rotatable bonds is 4. The van der Waals surface area contributed by atoms with Gasteiger partial charge in [0.2, 0.25) is 0 Å². The van der Waals surface area contributed by atoms with Crippen LogP contribution >= 0.6 is 0 Å². The molecule has 1 heterocycles. The summed E-state index contributed by atoms with van der Waals surface area (Å²) in [5, 5.41) is 7.60. The lowest BCUT2D eigenvalue weighted by atomic mass is 10.1. The molecule has 1 saturated heterocycles. The summed E-state index contributed by atoms with van der Waals surface area (Å²) in [7, 11) is 0. The number of nitrogens with two attached hydrogens (primary N) is 1. The minimum atomic E-state index is -0.501. The maximum absolute atomic E-state index is 7.60. The standard InChI is InChI=1S/C13H18N2O2/c14-13(15)12(10-6-2-1-3-7-10)17-11-8-4-5-9-16-11/h1-3,6-7,11-12H,4-5,8-9H2,(H3,14,15)/t11-,12+/m0/s1. The predicted octanol–water partition coefficient (Wildman–Crippen LogP) is 2.21. The van der Waals surface area contributed by atoms with E-state index in [1.165, 1.54) is 0 Å². The van der Waals surface area contributed by atoms with Crippen molar-refractivity contribution >= 4 is 5.84 Å². The highest BCUT2D eigenvalue weighted by Crippen LogP contribution is 2.23. The second-order valence-corrected chi connectivity index (χ2v) is 4.18. The van der Waals surface area contributed by atoms with E-state index in [0.29, 0.717) is 0 Å². The molecule has 0 saturated carbocycles. The summed E-state index contributed by atoms with van der Waals surface area (Å²) in [4.78, 5) is 0. The quantitative estimate of drug-likeness (QED) is 0.620. The number of ether oxygens (including phenoxy) is 2. The van der Waals surface area contributed by atoms with Crippen molar-refractivity contribution < 1.29 is 9.47 Å². The largest absolute Gasteiger partial charge is 0.385 e. The van der Waals surface area contributed by atoms with Crippen molar-refractivity contribution in [2.75, 3.05) is 6.61 Å². The van der Waals surface area contributed by atoms with Gasteiger partial charge in [-0.05, 0) is 24.8 Å². The van der Waals surface area contributed by atoms with Gasteiger partial charge in [0.15, 0.2) is 6.29 Å². The summed E-state index contributed by atoms with van der Waals surface area (Å²) in [6.07, 6.45) is 2.31. The van der Waals surface area contributed by atoms with E-state index in [1.807, 2.05) is 30.3 Å². The van der Waals surface area contributed by atoms with Crippen molar-refractivity contribution in [3.8, 4) is 0 Å². The van der Waals surface area contributed by atoms with Gasteiger partial charge in [-0.25, -0.2) is 0 Å². The average Bonchev–Trinajstić information content (AvgIpc) is 2.38. The molecule has 0 aromatic heterocycles. The summed E-state index contributed by atoms with van der Waals surface area (Å²) in [5.41, 5.74) is 6.49. The highest BCUT2D eigenvalue weighted by atomic mass is 16.7. The molecule has 4 heteroatoms. The maximum atomic E-state index is 7.60. The number of hydrogen-bond acceptors (Lipinski definition) is 3. The fourth-order valence-corrected chi connectivity index (χ4v) is 1.93. The van der Waals surface area contributed by atoms with Crippen LogP contribution in [0, 0.1) is 5.41 Å². The van der Waals surface area contributed by atoms with Crippen molar-refractivity contribution in [1.29, 1.82) is 5.41 Å². The van der Waals surface area contributed by atoms with Gasteiger partial charge in [-0.2, -0.15) is 0 Å². The summed E-state index contributed by atoms with van der Waals surface area (Å²) in [6.45, 7) is 0.726. The van der Waals surface area contributed by atoms with Gasteiger partial charge in [-0.1, -0.05) is 30.3 Å². The van der Waals surface area contributed by atoms with Crippen LogP contribution in [0.4, 0.5) is 0 Å². The van der Waals surface area contributed by atoms with Gasteiger partial charge in [0.05, 0.1) is 0 Å². The van der Waals surface area contributed by atoms with E-state index in [0.717, 1.165) is 31.4 Å². The monoisotopic (exact) mass is 234 g/mol. The SMILES string of the molecule is N=C(N)[C@H](O[C@H]1CCCCO1)c1ccccc1. The van der Waals surface area contributed by atoms with Crippen LogP contribution < -0.4 is 5.73 Å². The number of hydrogen-bond donors (Lipinski definition) is 2. The van der Waals surface area contributed by atoms with E-state index < -0.39 is 6.10 Å². The zero-order chi connectivity index (χ0) is 12.1. The topological polar surface area (TPSA) is 68.3 Å². The molecule has 92 valence electrons. The molecule has 0 aliphatic carbocycles. The summed E-state index contributed by atoms with van der Waals surface area (Å²) in [6, 6.07) is 9.58. The molecule has 1 fully saturated rings. The molecule has 1 aromatic carbocycles. The third-order valence-electron chi connectivity index (χ3n) is 2.81. The fourth-order valence-electron chi connectivity index (χ4n) is 1.93. The van der Waals surface area contributed by atoms with Crippen molar-refractivity contribution in [2.24, 2.45) is 5.73 Å². The Morgan fingerprint density at radius 1 is 1.35 bits per heavy atom. The number of amidine groups is 1. The van der Waals surface area contributed by atoms with Gasteiger partial charge < -0.3 is 15.2 Å². The number of benzene rings is 1. The summed E-state index contributed by atoms with van der Waals surface area (Å²) in [5.74, 6) is 0.0189. The molecule has 1 aromatic rings. The lowest BCUT2D eigenvalue weighted by Gasteiger charge is -2.27. The van der Waals surface area contributed by atoms with E-state index in [-0.39, 0.29) is 12.1 Å². The van der Waals surface area contributed by atoms with Crippen LogP contribution in [0.5, 0.6) is 0 Å². The lowest BCUT2D eigenvalue weighted by molar-refractivity contribution is -0.176. The Labute approximate surface area is 101 Å². The van der Waals surface area contributed by atoms with Crippen LogP contribution in [0.15, 0.2) is 30.3 Å². The van der Waals surface area contributed by atoms with Crippen molar-refractivity contribution in [2.45, 2.75) is 31.7 Å². The van der Waals surface area contributed by atoms with Crippen LogP contribution in [0.1, 0.15) is 30.9 Å². The minimum Gasteiger partial charge on any atom is -0.385 e.